The third-order valence-corrected chi connectivity index (χ3v) is 3.34. The lowest BCUT2D eigenvalue weighted by Gasteiger charge is -2.24. The summed E-state index contributed by atoms with van der Waals surface area (Å²) in [6.45, 7) is 18.0. The van der Waals surface area contributed by atoms with Gasteiger partial charge in [0.25, 0.3) is 0 Å². The van der Waals surface area contributed by atoms with Crippen LogP contribution in [0.3, 0.4) is 0 Å². The number of rotatable bonds is 0. The first-order valence-electron chi connectivity index (χ1n) is 9.59. The number of likely N-dealkylation sites (tertiary alicyclic amines) is 1. The molecule has 0 N–H and O–H groups in total. The van der Waals surface area contributed by atoms with Gasteiger partial charge in [0.15, 0.2) is 0 Å². The molecule has 23 heavy (non-hydrogen) atoms. The van der Waals surface area contributed by atoms with Crippen LogP contribution in [-0.4, -0.2) is 31.6 Å². The molecule has 3 rings (SSSR count). The summed E-state index contributed by atoms with van der Waals surface area (Å²) in [4.78, 5) is 2.31. The molecule has 2 heteroatoms. The fraction of sp³-hybridized carbons (Fsp3) is 0.714. The molecule has 1 atom stereocenters. The van der Waals surface area contributed by atoms with Gasteiger partial charge in [0.05, 0.1) is 6.61 Å². The van der Waals surface area contributed by atoms with Crippen molar-refractivity contribution >= 4 is 0 Å². The molecule has 136 valence electrons. The summed E-state index contributed by atoms with van der Waals surface area (Å²) in [5.74, 6) is 1.74. The fourth-order valence-corrected chi connectivity index (χ4v) is 1.99. The third kappa shape index (κ3) is 11.2. The van der Waals surface area contributed by atoms with Crippen LogP contribution in [0.5, 0.6) is 5.75 Å². The maximum atomic E-state index is 5.49. The van der Waals surface area contributed by atoms with Crippen LogP contribution in [0.2, 0.25) is 0 Å². The zero-order valence-electron chi connectivity index (χ0n) is 17.0. The molecule has 0 saturated carbocycles. The first-order chi connectivity index (χ1) is 11.2. The van der Waals surface area contributed by atoms with Crippen LogP contribution in [0.1, 0.15) is 79.2 Å². The first kappa shape index (κ1) is 24.2. The lowest BCUT2D eigenvalue weighted by molar-refractivity contribution is 0.229. The van der Waals surface area contributed by atoms with Gasteiger partial charge in [-0.05, 0) is 50.5 Å². The van der Waals surface area contributed by atoms with Crippen LogP contribution >= 0.6 is 0 Å². The summed E-state index contributed by atoms with van der Waals surface area (Å²) in [6, 6.07) is 8.30. The van der Waals surface area contributed by atoms with Crippen molar-refractivity contribution in [2.75, 3.05) is 26.7 Å². The van der Waals surface area contributed by atoms with E-state index in [1.54, 1.807) is 0 Å². The van der Waals surface area contributed by atoms with Gasteiger partial charge in [0.1, 0.15) is 5.75 Å². The second-order valence-electron chi connectivity index (χ2n) is 5.44. The number of ether oxygens (including phenoxy) is 1. The average Bonchev–Trinajstić information content (AvgIpc) is 2.58. The van der Waals surface area contributed by atoms with Crippen molar-refractivity contribution in [3.8, 4) is 5.75 Å². The Labute approximate surface area is 146 Å². The predicted molar refractivity (Wildman–Crippen MR) is 106 cm³/mol. The number of fused-ring (bicyclic) bond motifs is 1. The van der Waals surface area contributed by atoms with E-state index < -0.39 is 0 Å². The van der Waals surface area contributed by atoms with Crippen LogP contribution in [0.15, 0.2) is 24.3 Å². The maximum absolute atomic E-state index is 5.49. The molecule has 1 unspecified atom stereocenters. The normalized spacial score (nSPS) is 17.5. The van der Waals surface area contributed by atoms with E-state index in [4.69, 9.17) is 4.74 Å². The minimum absolute atomic E-state index is 0.667. The standard InChI is InChI=1S/C10H12O.C4H9N.C3H8.2C2H6/c1-8-6-7-11-10-5-3-2-4-9(8)10;1-5-3-2-4-5;1-3-2;2*1-2/h2-5,8H,6-7H2,1H3;2-4H2,1H3;3H2,1-2H3;2*1-2H3. The van der Waals surface area contributed by atoms with Gasteiger partial charge < -0.3 is 9.64 Å². The van der Waals surface area contributed by atoms with Gasteiger partial charge in [-0.15, -0.1) is 0 Å². The second kappa shape index (κ2) is 17.3. The minimum Gasteiger partial charge on any atom is -0.493 e. The molecule has 1 fully saturated rings. The van der Waals surface area contributed by atoms with E-state index in [1.165, 1.54) is 31.5 Å². The molecular formula is C21H41NO. The Balaban J connectivity index is 0. The number of benzene rings is 1. The third-order valence-electron chi connectivity index (χ3n) is 3.34. The van der Waals surface area contributed by atoms with Crippen LogP contribution in [0.25, 0.3) is 0 Å². The summed E-state index contributed by atoms with van der Waals surface area (Å²) < 4.78 is 5.49. The van der Waals surface area contributed by atoms with Crippen molar-refractivity contribution in [3.05, 3.63) is 29.8 Å². The number of hydrogen-bond donors (Lipinski definition) is 0. The Kier molecular flexibility index (Phi) is 18.3. The van der Waals surface area contributed by atoms with Crippen LogP contribution in [-0.2, 0) is 0 Å². The van der Waals surface area contributed by atoms with Gasteiger partial charge >= 0.3 is 0 Å². The summed E-state index contributed by atoms with van der Waals surface area (Å²) >= 11 is 0. The molecule has 0 radical (unpaired) electrons. The summed E-state index contributed by atoms with van der Waals surface area (Å²) in [5.41, 5.74) is 1.36. The summed E-state index contributed by atoms with van der Waals surface area (Å²) in [5, 5.41) is 0. The first-order valence-corrected chi connectivity index (χ1v) is 9.59. The van der Waals surface area contributed by atoms with Crippen molar-refractivity contribution in [3.63, 3.8) is 0 Å². The van der Waals surface area contributed by atoms with E-state index in [0.717, 1.165) is 18.8 Å². The van der Waals surface area contributed by atoms with Gasteiger partial charge in [-0.1, -0.05) is 73.1 Å². The Bertz CT molecular complexity index is 347. The Morgan fingerprint density at radius 3 is 1.91 bits per heavy atom. The highest BCUT2D eigenvalue weighted by Gasteiger charge is 2.15. The number of para-hydroxylation sites is 1. The molecule has 0 amide bonds. The Morgan fingerprint density at radius 2 is 1.52 bits per heavy atom. The monoisotopic (exact) mass is 323 g/mol. The molecule has 2 aliphatic heterocycles. The van der Waals surface area contributed by atoms with Gasteiger partial charge in [-0.3, -0.25) is 0 Å². The lowest BCUT2D eigenvalue weighted by atomic mass is 9.95. The van der Waals surface area contributed by atoms with E-state index in [9.17, 15) is 0 Å². The minimum atomic E-state index is 0.667. The molecule has 0 aliphatic carbocycles. The summed E-state index contributed by atoms with van der Waals surface area (Å²) in [6.07, 6.45) is 3.81. The van der Waals surface area contributed by atoms with E-state index in [1.807, 2.05) is 39.8 Å². The van der Waals surface area contributed by atoms with Crippen molar-refractivity contribution in [1.29, 1.82) is 0 Å². The molecule has 2 nitrogen and oxygen atoms in total. The largest absolute Gasteiger partial charge is 0.493 e. The molecule has 1 aromatic carbocycles. The van der Waals surface area contributed by atoms with Crippen LogP contribution in [0, 0.1) is 0 Å². The molecular weight excluding hydrogens is 282 g/mol. The van der Waals surface area contributed by atoms with Crippen molar-refractivity contribution in [1.82, 2.24) is 4.90 Å². The van der Waals surface area contributed by atoms with E-state index in [-0.39, 0.29) is 0 Å². The van der Waals surface area contributed by atoms with E-state index in [2.05, 4.69) is 44.9 Å². The average molecular weight is 324 g/mol. The van der Waals surface area contributed by atoms with E-state index >= 15 is 0 Å². The highest BCUT2D eigenvalue weighted by molar-refractivity contribution is 5.37. The Hall–Kier alpha value is -1.02. The highest BCUT2D eigenvalue weighted by atomic mass is 16.5. The smallest absolute Gasteiger partial charge is 0.122 e. The zero-order valence-corrected chi connectivity index (χ0v) is 17.0. The molecule has 0 aromatic heterocycles. The highest BCUT2D eigenvalue weighted by Crippen LogP contribution is 2.32. The van der Waals surface area contributed by atoms with Crippen LogP contribution < -0.4 is 4.74 Å². The molecule has 1 aromatic rings. The molecule has 2 aliphatic rings. The zero-order chi connectivity index (χ0) is 18.1. The molecule has 2 heterocycles. The van der Waals surface area contributed by atoms with Gasteiger partial charge in [-0.2, -0.15) is 0 Å². The number of nitrogens with zero attached hydrogens (tertiary/aromatic N) is 1. The van der Waals surface area contributed by atoms with Crippen molar-refractivity contribution in [2.24, 2.45) is 0 Å². The van der Waals surface area contributed by atoms with Crippen molar-refractivity contribution < 1.29 is 4.74 Å². The van der Waals surface area contributed by atoms with Crippen LogP contribution in [0.4, 0.5) is 0 Å². The van der Waals surface area contributed by atoms with Gasteiger partial charge in [0, 0.05) is 0 Å². The van der Waals surface area contributed by atoms with Gasteiger partial charge in [-0.25, -0.2) is 0 Å². The van der Waals surface area contributed by atoms with Gasteiger partial charge in [0.2, 0.25) is 0 Å². The van der Waals surface area contributed by atoms with E-state index in [0.29, 0.717) is 5.92 Å². The topological polar surface area (TPSA) is 12.5 Å². The fourth-order valence-electron chi connectivity index (χ4n) is 1.99. The Morgan fingerprint density at radius 1 is 1.04 bits per heavy atom. The number of hydrogen-bond acceptors (Lipinski definition) is 2. The second-order valence-corrected chi connectivity index (χ2v) is 5.44. The van der Waals surface area contributed by atoms with Crippen molar-refractivity contribution in [2.45, 2.75) is 73.6 Å². The quantitative estimate of drug-likeness (QED) is 0.550. The molecule has 0 bridgehead atoms. The lowest BCUT2D eigenvalue weighted by Crippen LogP contribution is -2.32. The molecule has 1 saturated heterocycles. The predicted octanol–water partition coefficient (Wildman–Crippen LogP) is 6.36. The molecule has 0 spiro atoms. The maximum Gasteiger partial charge on any atom is 0.122 e. The SMILES string of the molecule is CC.CC.CC1CCOc2ccccc21.CCC.CN1CCC1. The summed E-state index contributed by atoms with van der Waals surface area (Å²) in [7, 11) is 2.14.